The van der Waals surface area contributed by atoms with Gasteiger partial charge in [0, 0.05) is 5.41 Å². The molecule has 0 atom stereocenters. The fourth-order valence-electron chi connectivity index (χ4n) is 3.47. The Kier molecular flexibility index (Phi) is 2.37. The number of rotatable bonds is 2. The molecule has 0 aromatic heterocycles. The molecular formula is C11H20O2. The molecule has 0 radical (unpaired) electrons. The van der Waals surface area contributed by atoms with Crippen LogP contribution in [0.3, 0.4) is 0 Å². The lowest BCUT2D eigenvalue weighted by Gasteiger charge is -2.57. The van der Waals surface area contributed by atoms with Crippen LogP contribution in [0.5, 0.6) is 0 Å². The van der Waals surface area contributed by atoms with E-state index in [9.17, 15) is 10.2 Å². The standard InChI is InChI=1S/C11H20O2/c12-8-11(9-13)6-10(7-11)4-2-1-3-5-10/h12-13H,1-9H2. The molecule has 0 saturated heterocycles. The van der Waals surface area contributed by atoms with Gasteiger partial charge in [0.05, 0.1) is 13.2 Å². The van der Waals surface area contributed by atoms with Crippen LogP contribution in [0.2, 0.25) is 0 Å². The van der Waals surface area contributed by atoms with Crippen LogP contribution in [0, 0.1) is 10.8 Å². The summed E-state index contributed by atoms with van der Waals surface area (Å²) in [6.45, 7) is 0.344. The Morgan fingerprint density at radius 2 is 1.38 bits per heavy atom. The maximum absolute atomic E-state index is 9.19. The van der Waals surface area contributed by atoms with Crippen molar-refractivity contribution in [3.05, 3.63) is 0 Å². The zero-order chi connectivity index (χ0) is 9.36. The summed E-state index contributed by atoms with van der Waals surface area (Å²) in [6.07, 6.45) is 8.87. The number of hydrogen-bond acceptors (Lipinski definition) is 2. The minimum atomic E-state index is -0.114. The summed E-state index contributed by atoms with van der Waals surface area (Å²) in [5, 5.41) is 18.4. The zero-order valence-electron chi connectivity index (χ0n) is 8.26. The van der Waals surface area contributed by atoms with Gasteiger partial charge >= 0.3 is 0 Å². The van der Waals surface area contributed by atoms with Gasteiger partial charge in [0.25, 0.3) is 0 Å². The van der Waals surface area contributed by atoms with Gasteiger partial charge in [0.15, 0.2) is 0 Å². The minimum Gasteiger partial charge on any atom is -0.396 e. The molecule has 13 heavy (non-hydrogen) atoms. The molecule has 0 unspecified atom stereocenters. The van der Waals surface area contributed by atoms with Gasteiger partial charge < -0.3 is 10.2 Å². The minimum absolute atomic E-state index is 0.114. The van der Waals surface area contributed by atoms with Crippen LogP contribution in [0.15, 0.2) is 0 Å². The molecule has 2 fully saturated rings. The molecule has 2 N–H and O–H groups in total. The number of aliphatic hydroxyl groups excluding tert-OH is 2. The highest BCUT2D eigenvalue weighted by molar-refractivity contribution is 5.03. The maximum atomic E-state index is 9.19. The predicted molar refractivity (Wildman–Crippen MR) is 51.4 cm³/mol. The van der Waals surface area contributed by atoms with Crippen molar-refractivity contribution < 1.29 is 10.2 Å². The summed E-state index contributed by atoms with van der Waals surface area (Å²) < 4.78 is 0. The van der Waals surface area contributed by atoms with Crippen LogP contribution >= 0.6 is 0 Å². The van der Waals surface area contributed by atoms with Crippen LogP contribution in [-0.2, 0) is 0 Å². The quantitative estimate of drug-likeness (QED) is 0.685. The van der Waals surface area contributed by atoms with Crippen molar-refractivity contribution in [3.63, 3.8) is 0 Å². The topological polar surface area (TPSA) is 40.5 Å². The molecule has 0 heterocycles. The molecule has 2 aliphatic rings. The van der Waals surface area contributed by atoms with E-state index in [1.54, 1.807) is 0 Å². The first-order valence-corrected chi connectivity index (χ1v) is 5.46. The van der Waals surface area contributed by atoms with Gasteiger partial charge in [-0.25, -0.2) is 0 Å². The van der Waals surface area contributed by atoms with Gasteiger partial charge in [-0.3, -0.25) is 0 Å². The molecule has 0 aliphatic heterocycles. The molecule has 2 nitrogen and oxygen atoms in total. The fraction of sp³-hybridized carbons (Fsp3) is 1.00. The lowest BCUT2D eigenvalue weighted by molar-refractivity contribution is -0.121. The van der Waals surface area contributed by atoms with E-state index in [1.165, 1.54) is 32.1 Å². The van der Waals surface area contributed by atoms with Crippen LogP contribution in [-0.4, -0.2) is 23.4 Å². The van der Waals surface area contributed by atoms with E-state index in [-0.39, 0.29) is 18.6 Å². The Balaban J connectivity index is 1.93. The average molecular weight is 184 g/mol. The SMILES string of the molecule is OCC1(CO)CC2(CCCCC2)C1. The van der Waals surface area contributed by atoms with Crippen molar-refractivity contribution in [1.29, 1.82) is 0 Å². The third-order valence-electron chi connectivity index (χ3n) is 4.09. The van der Waals surface area contributed by atoms with E-state index in [0.717, 1.165) is 12.8 Å². The first-order chi connectivity index (χ1) is 6.24. The van der Waals surface area contributed by atoms with Gasteiger partial charge in [-0.15, -0.1) is 0 Å². The Morgan fingerprint density at radius 1 is 0.846 bits per heavy atom. The highest BCUT2D eigenvalue weighted by Crippen LogP contribution is 2.60. The van der Waals surface area contributed by atoms with Crippen LogP contribution in [0.4, 0.5) is 0 Å². The molecule has 1 spiro atoms. The van der Waals surface area contributed by atoms with Gasteiger partial charge in [-0.1, -0.05) is 19.3 Å². The number of hydrogen-bond donors (Lipinski definition) is 2. The van der Waals surface area contributed by atoms with Crippen molar-refractivity contribution in [2.45, 2.75) is 44.9 Å². The molecule has 0 amide bonds. The van der Waals surface area contributed by atoms with Crippen LogP contribution in [0.1, 0.15) is 44.9 Å². The van der Waals surface area contributed by atoms with Gasteiger partial charge in [0.2, 0.25) is 0 Å². The van der Waals surface area contributed by atoms with E-state index < -0.39 is 0 Å². The molecule has 0 aromatic rings. The van der Waals surface area contributed by atoms with Gasteiger partial charge in [-0.05, 0) is 31.1 Å². The molecule has 76 valence electrons. The van der Waals surface area contributed by atoms with E-state index in [1.807, 2.05) is 0 Å². The van der Waals surface area contributed by atoms with Crippen molar-refractivity contribution in [3.8, 4) is 0 Å². The lowest BCUT2D eigenvalue weighted by Crippen LogP contribution is -2.51. The monoisotopic (exact) mass is 184 g/mol. The first kappa shape index (κ1) is 9.47. The van der Waals surface area contributed by atoms with Crippen LogP contribution < -0.4 is 0 Å². The first-order valence-electron chi connectivity index (χ1n) is 5.46. The third-order valence-corrected chi connectivity index (χ3v) is 4.09. The fourth-order valence-corrected chi connectivity index (χ4v) is 3.47. The second-order valence-corrected chi connectivity index (χ2v) is 5.23. The second-order valence-electron chi connectivity index (χ2n) is 5.23. The second kappa shape index (κ2) is 3.25. The van der Waals surface area contributed by atoms with E-state index in [2.05, 4.69) is 0 Å². The van der Waals surface area contributed by atoms with Crippen molar-refractivity contribution in [1.82, 2.24) is 0 Å². The average Bonchev–Trinajstić information content (AvgIpc) is 2.15. The Bertz CT molecular complexity index is 169. The molecule has 2 aliphatic carbocycles. The Morgan fingerprint density at radius 3 is 1.85 bits per heavy atom. The molecule has 0 bridgehead atoms. The van der Waals surface area contributed by atoms with Crippen molar-refractivity contribution >= 4 is 0 Å². The van der Waals surface area contributed by atoms with Crippen molar-refractivity contribution in [2.24, 2.45) is 10.8 Å². The maximum Gasteiger partial charge on any atom is 0.0509 e. The Hall–Kier alpha value is -0.0800. The van der Waals surface area contributed by atoms with E-state index >= 15 is 0 Å². The number of aliphatic hydroxyl groups is 2. The normalized spacial score (nSPS) is 30.0. The van der Waals surface area contributed by atoms with Gasteiger partial charge in [-0.2, -0.15) is 0 Å². The summed E-state index contributed by atoms with van der Waals surface area (Å²) in [6, 6.07) is 0. The highest BCUT2D eigenvalue weighted by atomic mass is 16.3. The lowest BCUT2D eigenvalue weighted by atomic mass is 9.49. The molecule has 2 heteroatoms. The summed E-state index contributed by atoms with van der Waals surface area (Å²) in [7, 11) is 0. The van der Waals surface area contributed by atoms with Crippen molar-refractivity contribution in [2.75, 3.05) is 13.2 Å². The van der Waals surface area contributed by atoms with Crippen LogP contribution in [0.25, 0.3) is 0 Å². The van der Waals surface area contributed by atoms with E-state index in [0.29, 0.717) is 5.41 Å². The predicted octanol–water partition coefficient (Wildman–Crippen LogP) is 1.70. The summed E-state index contributed by atoms with van der Waals surface area (Å²) in [4.78, 5) is 0. The summed E-state index contributed by atoms with van der Waals surface area (Å²) in [5.74, 6) is 0. The summed E-state index contributed by atoms with van der Waals surface area (Å²) in [5.41, 5.74) is 0.404. The summed E-state index contributed by atoms with van der Waals surface area (Å²) >= 11 is 0. The van der Waals surface area contributed by atoms with E-state index in [4.69, 9.17) is 0 Å². The molecule has 2 rings (SSSR count). The smallest absolute Gasteiger partial charge is 0.0509 e. The molecule has 2 saturated carbocycles. The molecular weight excluding hydrogens is 164 g/mol. The zero-order valence-corrected chi connectivity index (χ0v) is 8.26. The molecule has 0 aromatic carbocycles. The third kappa shape index (κ3) is 1.50. The van der Waals surface area contributed by atoms with Gasteiger partial charge in [0.1, 0.15) is 0 Å². The highest BCUT2D eigenvalue weighted by Gasteiger charge is 2.53. The Labute approximate surface area is 80.0 Å². The largest absolute Gasteiger partial charge is 0.396 e.